The molecule has 6 N–H and O–H groups in total. The van der Waals surface area contributed by atoms with Crippen molar-refractivity contribution in [3.8, 4) is 0 Å². The summed E-state index contributed by atoms with van der Waals surface area (Å²) in [6, 6.07) is 13.1. The number of sulfonamides is 1. The van der Waals surface area contributed by atoms with Gasteiger partial charge in [0.05, 0.1) is 34.6 Å². The Morgan fingerprint density at radius 1 is 0.618 bits per heavy atom. The molecule has 8 aliphatic rings. The number of isocyanates is 1. The predicted octanol–water partition coefficient (Wildman–Crippen LogP) is 13.2. The number of primary sulfonamides is 1. The molecule has 0 saturated heterocycles. The highest BCUT2D eigenvalue weighted by Crippen LogP contribution is 2.72. The molecule has 8 fully saturated rings. The molecule has 0 bridgehead atoms. The Morgan fingerprint density at radius 3 is 1.47 bits per heavy atom. The second-order valence-electron chi connectivity index (χ2n) is 30.9. The number of carbonyl (C=O) groups excluding carboxylic acids is 2. The van der Waals surface area contributed by atoms with Gasteiger partial charge in [0, 0.05) is 53.1 Å². The number of halogens is 1. The third-order valence-electron chi connectivity index (χ3n) is 26.2. The Bertz CT molecular complexity index is 2890. The zero-order chi connectivity index (χ0) is 65.1. The van der Waals surface area contributed by atoms with Crippen LogP contribution in [0.1, 0.15) is 191 Å². The number of carbonyl (C=O) groups is 1. The maximum absolute atomic E-state index is 12.9. The monoisotopic (exact) mass is 1300 g/mol. The van der Waals surface area contributed by atoms with Gasteiger partial charge in [-0.05, 0) is 255 Å². The van der Waals surface area contributed by atoms with Crippen molar-refractivity contribution in [3.05, 3.63) is 48.5 Å². The molecule has 0 aliphatic heterocycles. The fraction of sp³-hybridized carbons (Fsp3) is 0.806. The van der Waals surface area contributed by atoms with E-state index in [1.807, 2.05) is 38.0 Å². The molecule has 0 radical (unpaired) electrons. The molecule has 2 aromatic rings. The van der Waals surface area contributed by atoms with E-state index in [1.54, 1.807) is 42.5 Å². The molecule has 0 heterocycles. The van der Waals surface area contributed by atoms with E-state index in [-0.39, 0.29) is 63.0 Å². The van der Waals surface area contributed by atoms with Gasteiger partial charge in [-0.25, -0.2) is 31.8 Å². The summed E-state index contributed by atoms with van der Waals surface area (Å²) < 4.78 is 47.5. The largest absolute Gasteiger partial charge is 0.400 e. The first-order valence-corrected chi connectivity index (χ1v) is 37.5. The highest BCUT2D eigenvalue weighted by atomic mass is 35.5. The van der Waals surface area contributed by atoms with E-state index in [2.05, 4.69) is 67.3 Å². The van der Waals surface area contributed by atoms with Gasteiger partial charge in [0.2, 0.25) is 16.1 Å². The van der Waals surface area contributed by atoms with Crippen LogP contribution in [0.2, 0.25) is 0 Å². The maximum Gasteiger partial charge on any atom is 0.238 e. The van der Waals surface area contributed by atoms with Gasteiger partial charge in [-0.15, -0.1) is 12.4 Å². The summed E-state index contributed by atoms with van der Waals surface area (Å²) >= 11 is 0. The molecule has 22 atom stereocenters. The number of ketones is 1. The van der Waals surface area contributed by atoms with Crippen molar-refractivity contribution >= 4 is 55.5 Å². The van der Waals surface area contributed by atoms with Crippen molar-refractivity contribution in [1.29, 1.82) is 0 Å². The zero-order valence-corrected chi connectivity index (χ0v) is 59.4. The Morgan fingerprint density at radius 2 is 1.03 bits per heavy atom. The number of aliphatic hydroxyl groups excluding tert-OH is 4. The highest BCUT2D eigenvalue weighted by Gasteiger charge is 2.67. The second kappa shape index (κ2) is 30.7. The lowest BCUT2D eigenvalue weighted by Crippen LogP contribution is -2.62. The van der Waals surface area contributed by atoms with E-state index in [9.17, 15) is 41.7 Å². The maximum atomic E-state index is 12.9. The van der Waals surface area contributed by atoms with E-state index in [0.29, 0.717) is 101 Å². The zero-order valence-electron chi connectivity index (χ0n) is 56.9. The van der Waals surface area contributed by atoms with Crippen molar-refractivity contribution in [2.45, 2.75) is 219 Å². The molecule has 0 amide bonds. The quantitative estimate of drug-likeness (QED) is 0.0736. The van der Waals surface area contributed by atoms with Gasteiger partial charge >= 0.3 is 0 Å². The topological polar surface area (TPSA) is 228 Å². The lowest BCUT2D eigenvalue weighted by Gasteiger charge is -2.65. The minimum absolute atomic E-state index is 0. The molecule has 506 valence electrons. The molecule has 0 aromatic heterocycles. The minimum atomic E-state index is -3.64. The number of hydrogen-bond donors (Lipinski definition) is 5. The number of anilines is 2. The van der Waals surface area contributed by atoms with Gasteiger partial charge in [0.25, 0.3) is 0 Å². The third kappa shape index (κ3) is 15.4. The van der Waals surface area contributed by atoms with E-state index < -0.39 is 25.6 Å². The van der Waals surface area contributed by atoms with Gasteiger partial charge in [-0.2, -0.15) is 0 Å². The third-order valence-corrected chi connectivity index (χ3v) is 28.8. The summed E-state index contributed by atoms with van der Waals surface area (Å²) in [5.41, 5.74) is 3.04. The van der Waals surface area contributed by atoms with Crippen LogP contribution >= 0.6 is 12.4 Å². The fourth-order valence-electron chi connectivity index (χ4n) is 21.7. The van der Waals surface area contributed by atoms with Crippen molar-refractivity contribution < 1.29 is 46.9 Å². The molecular weight excluding hydrogens is 1180 g/mol. The van der Waals surface area contributed by atoms with Crippen LogP contribution in [0.3, 0.4) is 0 Å². The predicted molar refractivity (Wildman–Crippen MR) is 362 cm³/mol. The van der Waals surface area contributed by atoms with Crippen molar-refractivity contribution in [2.24, 2.45) is 121 Å². The van der Waals surface area contributed by atoms with Crippen LogP contribution in [0, 0.1) is 110 Å². The van der Waals surface area contributed by atoms with Gasteiger partial charge < -0.3 is 30.2 Å². The standard InChI is InChI=1S/C36H57NO5S.C27H45NO2.C8H12N2O2S.CH4O.ClH/c1-7-28-32-21-25(38)17-19-36(32,4)31-18-20-35(3)29(15-16-30(35)33(31)34(28)40)23(2)9-8-10-26(39)22-43(41,42)27-13-11-24(12-14-27)37(5)6;1-6-19-23-15-17(2)9-12-27(23,5)22-10-13-26(4)20(18(3)11-14-28-16-29)7-8-21(26)24(22)25(19)30;1-10(2)7-3-5-8(6-4-7)13(9,11)12;1-2;/h11-14,23,25,28-34,38,40H,7-10,15-22H2,1-6H3;17-25,30H,6-15H2,1-5H3;3-6H,1-2H3,(H2,9,11,12);2H,1H3;1H/t23-,25-,28-,29-,30+,31+,32+,33+,34-,35-,36-;17-,18-,19-,20-,21+,22+,23+,24+,25-,26-,27-;;;/m11.../s1. The lowest BCUT2D eigenvalue weighted by atomic mass is 9.41. The Kier molecular flexibility index (Phi) is 25.9. The summed E-state index contributed by atoms with van der Waals surface area (Å²) in [5, 5.41) is 46.2. The first-order chi connectivity index (χ1) is 41.4. The van der Waals surface area contributed by atoms with E-state index in [4.69, 9.17) is 10.2 Å². The minimum Gasteiger partial charge on any atom is -0.400 e. The highest BCUT2D eigenvalue weighted by molar-refractivity contribution is 7.92. The number of fused-ring (bicyclic) bond motifs is 10. The van der Waals surface area contributed by atoms with Crippen LogP contribution in [0.15, 0.2) is 63.3 Å². The normalized spacial score (nSPS) is 38.2. The van der Waals surface area contributed by atoms with Crippen LogP contribution in [0.4, 0.5) is 11.4 Å². The van der Waals surface area contributed by atoms with Gasteiger partial charge in [0.1, 0.15) is 11.5 Å². The van der Waals surface area contributed by atoms with Crippen molar-refractivity contribution in [1.82, 2.24) is 0 Å². The van der Waals surface area contributed by atoms with Crippen LogP contribution in [0.25, 0.3) is 0 Å². The number of Topliss-reactive ketones (excluding diaryl/α,β-unsaturated/α-hetero) is 1. The first kappa shape index (κ1) is 75.1. The molecule has 14 nitrogen and oxygen atoms in total. The molecule has 10 rings (SSSR count). The van der Waals surface area contributed by atoms with Crippen molar-refractivity contribution in [3.63, 3.8) is 0 Å². The van der Waals surface area contributed by atoms with Crippen LogP contribution < -0.4 is 14.9 Å². The molecule has 0 unspecified atom stereocenters. The summed E-state index contributed by atoms with van der Waals surface area (Å²) in [7, 11) is 1.37. The van der Waals surface area contributed by atoms with Crippen LogP contribution in [-0.2, 0) is 29.4 Å². The molecule has 8 saturated carbocycles. The number of rotatable bonds is 17. The molecule has 0 spiro atoms. The number of aliphatic hydroxyl groups is 4. The average Bonchev–Trinajstić information content (AvgIpc) is 1.71. The molecule has 89 heavy (non-hydrogen) atoms. The van der Waals surface area contributed by atoms with Gasteiger partial charge in [-0.3, -0.25) is 4.79 Å². The summed E-state index contributed by atoms with van der Waals surface area (Å²) in [5.74, 6) is 7.68. The fourth-order valence-corrected chi connectivity index (χ4v) is 23.5. The van der Waals surface area contributed by atoms with E-state index >= 15 is 0 Å². The van der Waals surface area contributed by atoms with E-state index in [0.717, 1.165) is 75.8 Å². The SMILES string of the molecule is CC[C@H]1[C@@H](O)[C@@H]2[C@H](CC[C@]3(C)[C@@H]([C@H](C)CCCC(=O)CS(=O)(=O)c4ccc(N(C)C)cc4)CC[C@@H]23)[C@@]2(C)CC[C@@H](O)C[C@@H]12.CC[C@H]1[C@@H](O)[C@@H]2[C@H](CC[C@]3(C)[C@@H]([C@H](C)CCN=C=O)CC[C@@H]23)[C@@]2(C)CC[C@@H](C)C[C@@H]12.CN(C)c1ccc(S(N)(=O)=O)cc1.CO.Cl. The lowest BCUT2D eigenvalue weighted by molar-refractivity contribution is -0.203. The number of aliphatic imine (C=N–C) groups is 1. The first-order valence-electron chi connectivity index (χ1n) is 34.3. The van der Waals surface area contributed by atoms with E-state index in [1.165, 1.54) is 82.8 Å². The van der Waals surface area contributed by atoms with Crippen LogP contribution in [0.5, 0.6) is 0 Å². The number of nitrogens with zero attached hydrogens (tertiary/aromatic N) is 3. The summed E-state index contributed by atoms with van der Waals surface area (Å²) in [6.07, 6.45) is 23.0. The molecule has 17 heteroatoms. The van der Waals surface area contributed by atoms with Crippen LogP contribution in [-0.4, -0.2) is 115 Å². The van der Waals surface area contributed by atoms with Gasteiger partial charge in [-0.1, -0.05) is 88.0 Å². The Balaban J connectivity index is 0.000000237. The smallest absolute Gasteiger partial charge is 0.238 e. The second-order valence-corrected chi connectivity index (χ2v) is 34.5. The number of hydrogen-bond acceptors (Lipinski definition) is 13. The average molecular weight is 1300 g/mol. The Hall–Kier alpha value is -2.92. The molecule has 8 aliphatic carbocycles. The summed E-state index contributed by atoms with van der Waals surface area (Å²) in [4.78, 5) is 31.3. The number of sulfone groups is 1. The molecule has 2 aromatic carbocycles. The number of nitrogens with two attached hydrogens (primary N) is 1. The van der Waals surface area contributed by atoms with Gasteiger partial charge in [0.15, 0.2) is 9.84 Å². The van der Waals surface area contributed by atoms with Crippen molar-refractivity contribution in [2.75, 3.05) is 57.4 Å². The Labute approximate surface area is 544 Å². The summed E-state index contributed by atoms with van der Waals surface area (Å²) in [6.45, 7) is 22.5. The molecular formula is C72H119ClN4O10S2. The number of benzene rings is 2.